The standard InChI is InChI=1S/C12H15ClO2/c1-2-11-5-3-6-12(9-11)10-15-14-8-4-7-13/h2-3,5-6,9H,1,4,7-8,10H2. The number of alkyl halides is 1. The normalized spacial score (nSPS) is 10.2. The van der Waals surface area contributed by atoms with Gasteiger partial charge in [-0.05, 0) is 23.6 Å². The highest BCUT2D eigenvalue weighted by atomic mass is 35.5. The van der Waals surface area contributed by atoms with Gasteiger partial charge < -0.3 is 0 Å². The third kappa shape index (κ3) is 4.98. The van der Waals surface area contributed by atoms with Crippen molar-refractivity contribution in [1.82, 2.24) is 0 Å². The molecule has 0 aromatic heterocycles. The molecule has 0 bridgehead atoms. The van der Waals surface area contributed by atoms with E-state index in [-0.39, 0.29) is 0 Å². The van der Waals surface area contributed by atoms with Crippen molar-refractivity contribution in [2.24, 2.45) is 0 Å². The number of benzene rings is 1. The van der Waals surface area contributed by atoms with Crippen molar-refractivity contribution in [3.8, 4) is 0 Å². The second-order valence-electron chi connectivity index (χ2n) is 3.08. The zero-order valence-corrected chi connectivity index (χ0v) is 9.37. The van der Waals surface area contributed by atoms with Crippen LogP contribution in [-0.4, -0.2) is 12.5 Å². The molecule has 0 N–H and O–H groups in total. The SMILES string of the molecule is C=Cc1cccc(COOCCCCl)c1. The Bertz CT molecular complexity index is 299. The molecule has 0 radical (unpaired) electrons. The lowest BCUT2D eigenvalue weighted by Crippen LogP contribution is -1.98. The van der Waals surface area contributed by atoms with E-state index in [1.807, 2.05) is 24.3 Å². The van der Waals surface area contributed by atoms with Gasteiger partial charge in [-0.1, -0.05) is 30.9 Å². The largest absolute Gasteiger partial charge is 0.236 e. The molecule has 82 valence electrons. The van der Waals surface area contributed by atoms with Crippen LogP contribution in [0.3, 0.4) is 0 Å². The molecular weight excluding hydrogens is 212 g/mol. The summed E-state index contributed by atoms with van der Waals surface area (Å²) in [6, 6.07) is 7.95. The maximum absolute atomic E-state index is 5.49. The molecule has 0 atom stereocenters. The molecule has 1 rings (SSSR count). The van der Waals surface area contributed by atoms with Crippen LogP contribution in [0.15, 0.2) is 30.8 Å². The lowest BCUT2D eigenvalue weighted by molar-refractivity contribution is -0.303. The van der Waals surface area contributed by atoms with Gasteiger partial charge >= 0.3 is 0 Å². The summed E-state index contributed by atoms with van der Waals surface area (Å²) < 4.78 is 0. The molecule has 0 spiro atoms. The van der Waals surface area contributed by atoms with E-state index in [0.29, 0.717) is 19.1 Å². The van der Waals surface area contributed by atoms with Crippen molar-refractivity contribution in [1.29, 1.82) is 0 Å². The molecule has 0 unspecified atom stereocenters. The molecule has 15 heavy (non-hydrogen) atoms. The van der Waals surface area contributed by atoms with E-state index in [0.717, 1.165) is 17.5 Å². The van der Waals surface area contributed by atoms with Crippen LogP contribution in [-0.2, 0) is 16.4 Å². The van der Waals surface area contributed by atoms with Crippen LogP contribution < -0.4 is 0 Å². The first-order valence-corrected chi connectivity index (χ1v) is 5.42. The van der Waals surface area contributed by atoms with Crippen molar-refractivity contribution in [3.63, 3.8) is 0 Å². The molecule has 3 heteroatoms. The fourth-order valence-electron chi connectivity index (χ4n) is 1.09. The third-order valence-corrected chi connectivity index (χ3v) is 2.12. The molecule has 0 saturated heterocycles. The monoisotopic (exact) mass is 226 g/mol. The van der Waals surface area contributed by atoms with E-state index >= 15 is 0 Å². The lowest BCUT2D eigenvalue weighted by atomic mass is 10.1. The van der Waals surface area contributed by atoms with Crippen LogP contribution >= 0.6 is 11.6 Å². The number of hydrogen-bond acceptors (Lipinski definition) is 2. The van der Waals surface area contributed by atoms with Gasteiger partial charge in [0.25, 0.3) is 0 Å². The van der Waals surface area contributed by atoms with E-state index in [9.17, 15) is 0 Å². The molecule has 0 saturated carbocycles. The van der Waals surface area contributed by atoms with Crippen LogP contribution in [0.1, 0.15) is 17.5 Å². The van der Waals surface area contributed by atoms with E-state index < -0.39 is 0 Å². The van der Waals surface area contributed by atoms with Crippen LogP contribution in [0.5, 0.6) is 0 Å². The van der Waals surface area contributed by atoms with Gasteiger partial charge in [0.1, 0.15) is 6.61 Å². The summed E-state index contributed by atoms with van der Waals surface area (Å²) in [5.41, 5.74) is 2.15. The molecule has 2 nitrogen and oxygen atoms in total. The van der Waals surface area contributed by atoms with Crippen LogP contribution in [0.25, 0.3) is 6.08 Å². The molecule has 0 aliphatic carbocycles. The average molecular weight is 227 g/mol. The summed E-state index contributed by atoms with van der Waals surface area (Å²) in [7, 11) is 0. The van der Waals surface area contributed by atoms with Crippen molar-refractivity contribution in [2.75, 3.05) is 12.5 Å². The summed E-state index contributed by atoms with van der Waals surface area (Å²) in [6.45, 7) is 4.69. The van der Waals surface area contributed by atoms with Gasteiger partial charge in [-0.15, -0.1) is 11.6 Å². The summed E-state index contributed by atoms with van der Waals surface area (Å²) >= 11 is 5.49. The Labute approximate surface area is 95.4 Å². The number of halogens is 1. The molecule has 0 fully saturated rings. The summed E-state index contributed by atoms with van der Waals surface area (Å²) in [6.07, 6.45) is 2.60. The minimum atomic E-state index is 0.448. The van der Waals surface area contributed by atoms with Crippen LogP contribution in [0.2, 0.25) is 0 Å². The van der Waals surface area contributed by atoms with Crippen LogP contribution in [0.4, 0.5) is 0 Å². The first-order chi connectivity index (χ1) is 7.36. The topological polar surface area (TPSA) is 18.5 Å². The van der Waals surface area contributed by atoms with E-state index in [2.05, 4.69) is 6.58 Å². The minimum absolute atomic E-state index is 0.448. The van der Waals surface area contributed by atoms with Gasteiger partial charge in [-0.2, -0.15) is 0 Å². The lowest BCUT2D eigenvalue weighted by Gasteiger charge is -2.04. The van der Waals surface area contributed by atoms with Gasteiger partial charge in [0.15, 0.2) is 0 Å². The second-order valence-corrected chi connectivity index (χ2v) is 3.45. The number of hydrogen-bond donors (Lipinski definition) is 0. The molecule has 0 heterocycles. The van der Waals surface area contributed by atoms with Gasteiger partial charge in [0, 0.05) is 5.88 Å². The molecule has 1 aromatic carbocycles. The Hall–Kier alpha value is -0.830. The Kier molecular flexibility index (Phi) is 6.09. The predicted molar refractivity (Wildman–Crippen MR) is 62.6 cm³/mol. The van der Waals surface area contributed by atoms with E-state index in [1.165, 1.54) is 0 Å². The zero-order valence-electron chi connectivity index (χ0n) is 8.62. The van der Waals surface area contributed by atoms with Gasteiger partial charge in [-0.25, -0.2) is 9.78 Å². The Morgan fingerprint density at radius 1 is 1.33 bits per heavy atom. The van der Waals surface area contributed by atoms with E-state index in [1.54, 1.807) is 6.08 Å². The second kappa shape index (κ2) is 7.46. The van der Waals surface area contributed by atoms with Crippen molar-refractivity contribution in [3.05, 3.63) is 42.0 Å². The maximum atomic E-state index is 5.49. The molecule has 0 aliphatic rings. The van der Waals surface area contributed by atoms with Gasteiger partial charge in [0.05, 0.1) is 6.61 Å². The fourth-order valence-corrected chi connectivity index (χ4v) is 1.20. The Morgan fingerprint density at radius 3 is 2.93 bits per heavy atom. The van der Waals surface area contributed by atoms with Crippen LogP contribution in [0, 0.1) is 0 Å². The first-order valence-electron chi connectivity index (χ1n) is 4.88. The Balaban J connectivity index is 2.27. The summed E-state index contributed by atoms with van der Waals surface area (Å²) in [4.78, 5) is 9.97. The average Bonchev–Trinajstić information content (AvgIpc) is 2.29. The number of rotatable bonds is 7. The first kappa shape index (κ1) is 12.2. The maximum Gasteiger partial charge on any atom is 0.107 e. The van der Waals surface area contributed by atoms with Crippen molar-refractivity contribution in [2.45, 2.75) is 13.0 Å². The quantitative estimate of drug-likeness (QED) is 0.307. The summed E-state index contributed by atoms with van der Waals surface area (Å²) in [5, 5.41) is 0. The molecule has 0 aliphatic heterocycles. The predicted octanol–water partition coefficient (Wildman–Crippen LogP) is 3.41. The van der Waals surface area contributed by atoms with Crippen molar-refractivity contribution >= 4 is 17.7 Å². The van der Waals surface area contributed by atoms with Crippen molar-refractivity contribution < 1.29 is 9.78 Å². The highest BCUT2D eigenvalue weighted by molar-refractivity contribution is 6.17. The summed E-state index contributed by atoms with van der Waals surface area (Å²) in [5.74, 6) is 0.593. The van der Waals surface area contributed by atoms with E-state index in [4.69, 9.17) is 21.4 Å². The third-order valence-electron chi connectivity index (χ3n) is 1.86. The van der Waals surface area contributed by atoms with Gasteiger partial charge in [-0.3, -0.25) is 0 Å². The fraction of sp³-hybridized carbons (Fsp3) is 0.333. The smallest absolute Gasteiger partial charge is 0.107 e. The molecule has 0 amide bonds. The minimum Gasteiger partial charge on any atom is -0.236 e. The highest BCUT2D eigenvalue weighted by Crippen LogP contribution is 2.07. The van der Waals surface area contributed by atoms with Gasteiger partial charge in [0.2, 0.25) is 0 Å². The highest BCUT2D eigenvalue weighted by Gasteiger charge is 1.94. The molecular formula is C12H15ClO2. The zero-order chi connectivity index (χ0) is 10.9. The Morgan fingerprint density at radius 2 is 2.20 bits per heavy atom. The molecule has 1 aromatic rings.